The van der Waals surface area contributed by atoms with Crippen molar-refractivity contribution >= 4 is 11.5 Å². The average molecular weight is 357 g/mol. The van der Waals surface area contributed by atoms with Gasteiger partial charge in [-0.05, 0) is 30.7 Å². The maximum atomic E-state index is 11.7. The van der Waals surface area contributed by atoms with Crippen LogP contribution >= 0.6 is 0 Å². The van der Waals surface area contributed by atoms with E-state index in [0.717, 1.165) is 26.1 Å². The Kier molecular flexibility index (Phi) is 5.62. The van der Waals surface area contributed by atoms with Crippen molar-refractivity contribution in [3.8, 4) is 11.6 Å². The van der Waals surface area contributed by atoms with Crippen LogP contribution in [-0.4, -0.2) is 52.5 Å². The molecule has 8 nitrogen and oxygen atoms in total. The monoisotopic (exact) mass is 357 g/mol. The summed E-state index contributed by atoms with van der Waals surface area (Å²) < 4.78 is 5.71. The van der Waals surface area contributed by atoms with Crippen molar-refractivity contribution in [1.82, 2.24) is 14.9 Å². The Balaban J connectivity index is 1.87. The average Bonchev–Trinajstić information content (AvgIpc) is 2.68. The SMILES string of the molecule is CCc1ccc(Oc2ncnc(N3CCN(CC)CC3)c2[N+](=O)[O-])cc1. The number of ether oxygens (including phenoxy) is 1. The van der Waals surface area contributed by atoms with Gasteiger partial charge >= 0.3 is 11.6 Å². The number of piperazine rings is 1. The first kappa shape index (κ1) is 18.1. The van der Waals surface area contributed by atoms with Gasteiger partial charge in [-0.1, -0.05) is 26.0 Å². The van der Waals surface area contributed by atoms with E-state index in [1.807, 2.05) is 17.0 Å². The lowest BCUT2D eigenvalue weighted by atomic mass is 10.2. The Morgan fingerprint density at radius 3 is 2.38 bits per heavy atom. The third-order valence-corrected chi connectivity index (χ3v) is 4.62. The molecule has 2 aromatic rings. The van der Waals surface area contributed by atoms with Crippen molar-refractivity contribution in [1.29, 1.82) is 0 Å². The van der Waals surface area contributed by atoms with E-state index < -0.39 is 4.92 Å². The lowest BCUT2D eigenvalue weighted by molar-refractivity contribution is -0.385. The van der Waals surface area contributed by atoms with E-state index in [1.54, 1.807) is 12.1 Å². The highest BCUT2D eigenvalue weighted by molar-refractivity contribution is 5.63. The predicted molar refractivity (Wildman–Crippen MR) is 98.9 cm³/mol. The first-order chi connectivity index (χ1) is 12.6. The summed E-state index contributed by atoms with van der Waals surface area (Å²) in [6, 6.07) is 7.47. The van der Waals surface area contributed by atoms with E-state index in [2.05, 4.69) is 28.7 Å². The van der Waals surface area contributed by atoms with Crippen molar-refractivity contribution in [3.63, 3.8) is 0 Å². The van der Waals surface area contributed by atoms with Gasteiger partial charge in [-0.25, -0.2) is 4.98 Å². The highest BCUT2D eigenvalue weighted by Crippen LogP contribution is 2.36. The molecule has 8 heteroatoms. The first-order valence-corrected chi connectivity index (χ1v) is 8.85. The minimum Gasteiger partial charge on any atom is -0.434 e. The fourth-order valence-corrected chi connectivity index (χ4v) is 3.00. The quantitative estimate of drug-likeness (QED) is 0.580. The lowest BCUT2D eigenvalue weighted by Crippen LogP contribution is -2.46. The molecule has 0 atom stereocenters. The zero-order valence-electron chi connectivity index (χ0n) is 15.1. The van der Waals surface area contributed by atoms with Crippen LogP contribution in [0, 0.1) is 10.1 Å². The molecule has 3 rings (SSSR count). The van der Waals surface area contributed by atoms with Gasteiger partial charge in [-0.15, -0.1) is 0 Å². The van der Waals surface area contributed by atoms with E-state index in [-0.39, 0.29) is 11.6 Å². The summed E-state index contributed by atoms with van der Waals surface area (Å²) in [4.78, 5) is 23.7. The molecule has 138 valence electrons. The molecular weight excluding hydrogens is 334 g/mol. The van der Waals surface area contributed by atoms with E-state index in [4.69, 9.17) is 4.74 Å². The largest absolute Gasteiger partial charge is 0.434 e. The van der Waals surface area contributed by atoms with Gasteiger partial charge in [0.25, 0.3) is 0 Å². The summed E-state index contributed by atoms with van der Waals surface area (Å²) in [5.74, 6) is 0.814. The molecular formula is C18H23N5O3. The second kappa shape index (κ2) is 8.09. The molecule has 26 heavy (non-hydrogen) atoms. The normalized spacial score (nSPS) is 15.1. The van der Waals surface area contributed by atoms with Crippen LogP contribution in [0.4, 0.5) is 11.5 Å². The Bertz CT molecular complexity index is 758. The van der Waals surface area contributed by atoms with Crippen LogP contribution in [0.3, 0.4) is 0 Å². The van der Waals surface area contributed by atoms with Crippen LogP contribution in [0.2, 0.25) is 0 Å². The van der Waals surface area contributed by atoms with Crippen molar-refractivity contribution < 1.29 is 9.66 Å². The van der Waals surface area contributed by atoms with Crippen molar-refractivity contribution in [2.24, 2.45) is 0 Å². The van der Waals surface area contributed by atoms with Gasteiger partial charge < -0.3 is 14.5 Å². The van der Waals surface area contributed by atoms with Crippen LogP contribution in [0.1, 0.15) is 19.4 Å². The van der Waals surface area contributed by atoms with E-state index >= 15 is 0 Å². The third kappa shape index (κ3) is 3.91. The second-order valence-corrected chi connectivity index (χ2v) is 6.13. The van der Waals surface area contributed by atoms with E-state index in [0.29, 0.717) is 24.7 Å². The number of aromatic nitrogens is 2. The van der Waals surface area contributed by atoms with Crippen LogP contribution in [0.15, 0.2) is 30.6 Å². The number of likely N-dealkylation sites (N-methyl/N-ethyl adjacent to an activating group) is 1. The Morgan fingerprint density at radius 1 is 1.12 bits per heavy atom. The zero-order valence-corrected chi connectivity index (χ0v) is 15.1. The molecule has 1 aromatic heterocycles. The number of hydrogen-bond acceptors (Lipinski definition) is 7. The molecule has 0 N–H and O–H groups in total. The minimum absolute atomic E-state index is 0.0258. The number of anilines is 1. The number of rotatable bonds is 6. The van der Waals surface area contributed by atoms with Gasteiger partial charge in [0.1, 0.15) is 12.1 Å². The van der Waals surface area contributed by atoms with Crippen molar-refractivity contribution in [2.75, 3.05) is 37.6 Å². The molecule has 1 fully saturated rings. The molecule has 0 radical (unpaired) electrons. The molecule has 0 unspecified atom stereocenters. The molecule has 2 heterocycles. The zero-order chi connectivity index (χ0) is 18.5. The molecule has 1 saturated heterocycles. The van der Waals surface area contributed by atoms with Gasteiger partial charge in [0.2, 0.25) is 5.82 Å². The Hall–Kier alpha value is -2.74. The van der Waals surface area contributed by atoms with Gasteiger partial charge in [-0.2, -0.15) is 4.98 Å². The van der Waals surface area contributed by atoms with E-state index in [9.17, 15) is 10.1 Å². The highest BCUT2D eigenvalue weighted by atomic mass is 16.6. The first-order valence-electron chi connectivity index (χ1n) is 8.85. The standard InChI is InChI=1S/C18H23N5O3/c1-3-14-5-7-15(8-6-14)26-18-16(23(24)25)17(19-13-20-18)22-11-9-21(4-2)10-12-22/h5-8,13H,3-4,9-12H2,1-2H3. The summed E-state index contributed by atoms with van der Waals surface area (Å²) in [6.07, 6.45) is 2.24. The summed E-state index contributed by atoms with van der Waals surface area (Å²) in [7, 11) is 0. The summed E-state index contributed by atoms with van der Waals surface area (Å²) in [5.41, 5.74) is 0.987. The van der Waals surface area contributed by atoms with Gasteiger partial charge in [-0.3, -0.25) is 10.1 Å². The molecule has 0 saturated carbocycles. The van der Waals surface area contributed by atoms with Crippen LogP contribution in [-0.2, 0) is 6.42 Å². The molecule has 1 aliphatic heterocycles. The van der Waals surface area contributed by atoms with Crippen molar-refractivity contribution in [2.45, 2.75) is 20.3 Å². The van der Waals surface area contributed by atoms with Crippen LogP contribution < -0.4 is 9.64 Å². The van der Waals surface area contributed by atoms with Crippen LogP contribution in [0.25, 0.3) is 0 Å². The topological polar surface area (TPSA) is 84.6 Å². The highest BCUT2D eigenvalue weighted by Gasteiger charge is 2.30. The lowest BCUT2D eigenvalue weighted by Gasteiger charge is -2.34. The second-order valence-electron chi connectivity index (χ2n) is 6.13. The number of aryl methyl sites for hydroxylation is 1. The number of nitro groups is 1. The fourth-order valence-electron chi connectivity index (χ4n) is 3.00. The van der Waals surface area contributed by atoms with Gasteiger partial charge in [0.05, 0.1) is 4.92 Å². The fraction of sp³-hybridized carbons (Fsp3) is 0.444. The van der Waals surface area contributed by atoms with Gasteiger partial charge in [0, 0.05) is 26.2 Å². The number of hydrogen-bond donors (Lipinski definition) is 0. The maximum Gasteiger partial charge on any atom is 0.373 e. The molecule has 0 bridgehead atoms. The maximum absolute atomic E-state index is 11.7. The van der Waals surface area contributed by atoms with Crippen LogP contribution in [0.5, 0.6) is 11.6 Å². The molecule has 1 aliphatic rings. The Labute approximate surface area is 152 Å². The predicted octanol–water partition coefficient (Wildman–Crippen LogP) is 2.88. The Morgan fingerprint density at radius 2 is 1.81 bits per heavy atom. The molecule has 0 amide bonds. The minimum atomic E-state index is -0.461. The number of benzene rings is 1. The molecule has 0 spiro atoms. The number of nitrogens with zero attached hydrogens (tertiary/aromatic N) is 5. The van der Waals surface area contributed by atoms with Gasteiger partial charge in [0.15, 0.2) is 0 Å². The summed E-state index contributed by atoms with van der Waals surface area (Å²) in [6.45, 7) is 8.24. The smallest absolute Gasteiger partial charge is 0.373 e. The summed E-state index contributed by atoms with van der Waals surface area (Å²) >= 11 is 0. The molecule has 0 aliphatic carbocycles. The summed E-state index contributed by atoms with van der Waals surface area (Å²) in [5, 5.41) is 11.7. The molecule has 1 aromatic carbocycles. The van der Waals surface area contributed by atoms with Crippen molar-refractivity contribution in [3.05, 3.63) is 46.3 Å². The van der Waals surface area contributed by atoms with E-state index in [1.165, 1.54) is 11.9 Å². The third-order valence-electron chi connectivity index (χ3n) is 4.62.